The summed E-state index contributed by atoms with van der Waals surface area (Å²) in [4.78, 5) is 9.91. The highest BCUT2D eigenvalue weighted by atomic mass is 19.4. The van der Waals surface area contributed by atoms with Gasteiger partial charge < -0.3 is 10.4 Å². The van der Waals surface area contributed by atoms with Crippen molar-refractivity contribution in [3.8, 4) is 0 Å². The summed E-state index contributed by atoms with van der Waals surface area (Å²) in [5, 5.41) is 22.4. The summed E-state index contributed by atoms with van der Waals surface area (Å²) < 4.78 is 37.4. The van der Waals surface area contributed by atoms with Gasteiger partial charge in [0.2, 0.25) is 0 Å². The monoisotopic (exact) mass is 278 g/mol. The molecule has 0 aliphatic rings. The second-order valence-electron chi connectivity index (χ2n) is 3.92. The van der Waals surface area contributed by atoms with Crippen molar-refractivity contribution in [1.82, 2.24) is 0 Å². The van der Waals surface area contributed by atoms with Crippen LogP contribution in [-0.2, 0) is 6.18 Å². The number of alkyl halides is 3. The van der Waals surface area contributed by atoms with Gasteiger partial charge in [0.15, 0.2) is 0 Å². The summed E-state index contributed by atoms with van der Waals surface area (Å²) in [6.07, 6.45) is -4.15. The molecule has 0 aliphatic heterocycles. The Kier molecular flexibility index (Phi) is 4.71. The van der Waals surface area contributed by atoms with Crippen LogP contribution >= 0.6 is 0 Å². The number of nitro benzene ring substituents is 1. The highest BCUT2D eigenvalue weighted by Gasteiger charge is 2.33. The minimum absolute atomic E-state index is 0.0427. The summed E-state index contributed by atoms with van der Waals surface area (Å²) in [5.41, 5.74) is -1.79. The fourth-order valence-corrected chi connectivity index (χ4v) is 1.48. The van der Waals surface area contributed by atoms with Gasteiger partial charge in [-0.05, 0) is 18.6 Å². The number of nitro groups is 1. The molecule has 0 amide bonds. The summed E-state index contributed by atoms with van der Waals surface area (Å²) in [7, 11) is 0. The number of aliphatic hydroxyl groups is 1. The molecule has 0 spiro atoms. The molecule has 0 aliphatic carbocycles. The number of nitrogens with one attached hydrogen (secondary N) is 1. The minimum Gasteiger partial charge on any atom is -0.394 e. The van der Waals surface area contributed by atoms with Crippen LogP contribution in [0.2, 0.25) is 0 Å². The summed E-state index contributed by atoms with van der Waals surface area (Å²) in [5.74, 6) is 0. The molecule has 8 heteroatoms. The Bertz CT molecular complexity index is 459. The van der Waals surface area contributed by atoms with E-state index in [1.807, 2.05) is 0 Å². The molecule has 5 nitrogen and oxygen atoms in total. The first kappa shape index (κ1) is 15.2. The topological polar surface area (TPSA) is 75.4 Å². The van der Waals surface area contributed by atoms with E-state index in [2.05, 4.69) is 5.32 Å². The van der Waals surface area contributed by atoms with Crippen LogP contribution < -0.4 is 5.32 Å². The second kappa shape index (κ2) is 5.87. The molecule has 0 aromatic heterocycles. The number of aliphatic hydroxyl groups excluding tert-OH is 1. The maximum Gasteiger partial charge on any atom is 0.416 e. The number of benzene rings is 1. The SMILES string of the molecule is CCC(CO)Nc1ccc(C(F)(F)F)cc1[N+](=O)[O-]. The Labute approximate surface area is 107 Å². The van der Waals surface area contributed by atoms with Gasteiger partial charge in [0.05, 0.1) is 17.1 Å². The molecular weight excluding hydrogens is 265 g/mol. The third-order valence-corrected chi connectivity index (χ3v) is 2.59. The first-order chi connectivity index (χ1) is 8.79. The van der Waals surface area contributed by atoms with Gasteiger partial charge in [-0.15, -0.1) is 0 Å². The Balaban J connectivity index is 3.15. The average Bonchev–Trinajstić information content (AvgIpc) is 2.34. The molecule has 19 heavy (non-hydrogen) atoms. The normalized spacial score (nSPS) is 13.1. The molecule has 1 unspecified atom stereocenters. The highest BCUT2D eigenvalue weighted by molar-refractivity contribution is 5.63. The summed E-state index contributed by atoms with van der Waals surface area (Å²) in [6.45, 7) is 1.47. The van der Waals surface area contributed by atoms with Crippen molar-refractivity contribution in [3.05, 3.63) is 33.9 Å². The molecule has 0 fully saturated rings. The van der Waals surface area contributed by atoms with Crippen LogP contribution in [0, 0.1) is 10.1 Å². The zero-order valence-corrected chi connectivity index (χ0v) is 10.1. The minimum atomic E-state index is -4.63. The van der Waals surface area contributed by atoms with Crippen molar-refractivity contribution in [2.75, 3.05) is 11.9 Å². The van der Waals surface area contributed by atoms with E-state index in [4.69, 9.17) is 5.11 Å². The standard InChI is InChI=1S/C11H13F3N2O3/c1-2-8(6-17)15-9-4-3-7(11(12,13)14)5-10(9)16(18)19/h3-5,8,15,17H,2,6H2,1H3. The Morgan fingerprint density at radius 1 is 1.47 bits per heavy atom. The van der Waals surface area contributed by atoms with Crippen LogP contribution in [0.5, 0.6) is 0 Å². The number of hydrogen-bond acceptors (Lipinski definition) is 4. The number of rotatable bonds is 5. The predicted octanol–water partition coefficient (Wildman–Crippen LogP) is 2.80. The van der Waals surface area contributed by atoms with E-state index >= 15 is 0 Å². The molecule has 1 rings (SSSR count). The largest absolute Gasteiger partial charge is 0.416 e. The zero-order valence-electron chi connectivity index (χ0n) is 10.1. The Morgan fingerprint density at radius 3 is 2.53 bits per heavy atom. The molecule has 0 saturated carbocycles. The van der Waals surface area contributed by atoms with E-state index in [-0.39, 0.29) is 12.3 Å². The fourth-order valence-electron chi connectivity index (χ4n) is 1.48. The Hall–Kier alpha value is -1.83. The lowest BCUT2D eigenvalue weighted by Gasteiger charge is -2.16. The number of halogens is 3. The molecular formula is C11H13F3N2O3. The first-order valence-electron chi connectivity index (χ1n) is 5.52. The molecule has 0 radical (unpaired) electrons. The average molecular weight is 278 g/mol. The van der Waals surface area contributed by atoms with Crippen molar-refractivity contribution in [2.24, 2.45) is 0 Å². The summed E-state index contributed by atoms with van der Waals surface area (Å²) in [6, 6.07) is 1.79. The molecule has 0 bridgehead atoms. The molecule has 1 aromatic rings. The van der Waals surface area contributed by atoms with Crippen LogP contribution in [0.1, 0.15) is 18.9 Å². The van der Waals surface area contributed by atoms with Gasteiger partial charge in [0, 0.05) is 12.1 Å². The van der Waals surface area contributed by atoms with Gasteiger partial charge >= 0.3 is 6.18 Å². The van der Waals surface area contributed by atoms with E-state index < -0.39 is 28.4 Å². The maximum atomic E-state index is 12.5. The van der Waals surface area contributed by atoms with Crippen LogP contribution in [-0.4, -0.2) is 22.7 Å². The number of hydrogen-bond donors (Lipinski definition) is 2. The van der Waals surface area contributed by atoms with Gasteiger partial charge in [0.1, 0.15) is 5.69 Å². The molecule has 1 atom stereocenters. The smallest absolute Gasteiger partial charge is 0.394 e. The molecule has 106 valence electrons. The van der Waals surface area contributed by atoms with E-state index in [0.29, 0.717) is 12.5 Å². The van der Waals surface area contributed by atoms with Crippen LogP contribution in [0.4, 0.5) is 24.5 Å². The van der Waals surface area contributed by atoms with Crippen molar-refractivity contribution >= 4 is 11.4 Å². The number of anilines is 1. The van der Waals surface area contributed by atoms with Gasteiger partial charge in [-0.25, -0.2) is 0 Å². The second-order valence-corrected chi connectivity index (χ2v) is 3.92. The predicted molar refractivity (Wildman–Crippen MR) is 62.9 cm³/mol. The molecule has 0 saturated heterocycles. The molecule has 2 N–H and O–H groups in total. The maximum absolute atomic E-state index is 12.5. The quantitative estimate of drug-likeness (QED) is 0.641. The highest BCUT2D eigenvalue weighted by Crippen LogP contribution is 2.35. The van der Waals surface area contributed by atoms with Gasteiger partial charge in [0.25, 0.3) is 5.69 Å². The first-order valence-corrected chi connectivity index (χ1v) is 5.52. The molecule has 0 heterocycles. The number of nitrogens with zero attached hydrogens (tertiary/aromatic N) is 1. The Morgan fingerprint density at radius 2 is 2.11 bits per heavy atom. The third kappa shape index (κ3) is 3.82. The van der Waals surface area contributed by atoms with Gasteiger partial charge in [-0.3, -0.25) is 10.1 Å². The van der Waals surface area contributed by atoms with E-state index in [9.17, 15) is 23.3 Å². The van der Waals surface area contributed by atoms with Crippen molar-refractivity contribution in [3.63, 3.8) is 0 Å². The van der Waals surface area contributed by atoms with E-state index in [0.717, 1.165) is 12.1 Å². The van der Waals surface area contributed by atoms with Gasteiger partial charge in [-0.2, -0.15) is 13.2 Å². The van der Waals surface area contributed by atoms with Crippen LogP contribution in [0.25, 0.3) is 0 Å². The zero-order chi connectivity index (χ0) is 14.6. The molecule has 1 aromatic carbocycles. The lowest BCUT2D eigenvalue weighted by atomic mass is 10.1. The van der Waals surface area contributed by atoms with Crippen molar-refractivity contribution in [1.29, 1.82) is 0 Å². The van der Waals surface area contributed by atoms with E-state index in [1.165, 1.54) is 0 Å². The van der Waals surface area contributed by atoms with E-state index in [1.54, 1.807) is 6.92 Å². The summed E-state index contributed by atoms with van der Waals surface area (Å²) >= 11 is 0. The van der Waals surface area contributed by atoms with Crippen LogP contribution in [0.3, 0.4) is 0 Å². The fraction of sp³-hybridized carbons (Fsp3) is 0.455. The van der Waals surface area contributed by atoms with Crippen LogP contribution in [0.15, 0.2) is 18.2 Å². The lowest BCUT2D eigenvalue weighted by Crippen LogP contribution is -2.23. The van der Waals surface area contributed by atoms with Crippen molar-refractivity contribution < 1.29 is 23.2 Å². The lowest BCUT2D eigenvalue weighted by molar-refractivity contribution is -0.384. The third-order valence-electron chi connectivity index (χ3n) is 2.59. The van der Waals surface area contributed by atoms with Crippen molar-refractivity contribution in [2.45, 2.75) is 25.6 Å². The van der Waals surface area contributed by atoms with Gasteiger partial charge in [-0.1, -0.05) is 6.92 Å².